The van der Waals surface area contributed by atoms with E-state index in [0.29, 0.717) is 11.3 Å². The molecule has 2 aromatic rings. The first-order valence-electron chi connectivity index (χ1n) is 7.37. The molecule has 128 valence electrons. The standard InChI is InChI=1S/C17H13ClFN3O3/c18-14-7-11(19)4-5-13(14)16(24)21-12-3-1-2-10(6-12)9-22-15(23)8-20-17(22)25/h1-7H,8-9H2,(H,20,25)(H,21,24). The van der Waals surface area contributed by atoms with E-state index in [0.717, 1.165) is 17.0 Å². The van der Waals surface area contributed by atoms with Crippen molar-refractivity contribution in [2.24, 2.45) is 0 Å². The highest BCUT2D eigenvalue weighted by molar-refractivity contribution is 6.34. The second-order valence-electron chi connectivity index (χ2n) is 5.42. The fourth-order valence-electron chi connectivity index (χ4n) is 2.42. The van der Waals surface area contributed by atoms with Crippen molar-refractivity contribution in [1.82, 2.24) is 10.2 Å². The van der Waals surface area contributed by atoms with Crippen LogP contribution >= 0.6 is 11.6 Å². The van der Waals surface area contributed by atoms with Crippen molar-refractivity contribution in [2.45, 2.75) is 6.54 Å². The van der Waals surface area contributed by atoms with Crippen LogP contribution in [0.3, 0.4) is 0 Å². The van der Waals surface area contributed by atoms with Crippen molar-refractivity contribution in [3.63, 3.8) is 0 Å². The first-order valence-corrected chi connectivity index (χ1v) is 7.75. The Morgan fingerprint density at radius 1 is 1.24 bits per heavy atom. The minimum atomic E-state index is -0.530. The Labute approximate surface area is 147 Å². The Kier molecular flexibility index (Phi) is 4.67. The Hall–Kier alpha value is -2.93. The maximum atomic E-state index is 13.1. The van der Waals surface area contributed by atoms with Crippen molar-refractivity contribution in [2.75, 3.05) is 11.9 Å². The number of hydrogen-bond donors (Lipinski definition) is 2. The molecule has 1 fully saturated rings. The molecule has 1 aliphatic rings. The molecule has 0 bridgehead atoms. The summed E-state index contributed by atoms with van der Waals surface area (Å²) in [6, 6.07) is 9.79. The van der Waals surface area contributed by atoms with Crippen LogP contribution in [0.15, 0.2) is 42.5 Å². The molecule has 3 rings (SSSR count). The van der Waals surface area contributed by atoms with Crippen LogP contribution in [0, 0.1) is 5.82 Å². The first-order chi connectivity index (χ1) is 11.9. The van der Waals surface area contributed by atoms with Crippen molar-refractivity contribution in [3.8, 4) is 0 Å². The average molecular weight is 362 g/mol. The number of halogens is 2. The minimum absolute atomic E-state index is 0.00740. The van der Waals surface area contributed by atoms with E-state index < -0.39 is 17.8 Å². The molecule has 4 amide bonds. The van der Waals surface area contributed by atoms with Crippen LogP contribution in [0.25, 0.3) is 0 Å². The lowest BCUT2D eigenvalue weighted by Gasteiger charge is -2.13. The normalized spacial score (nSPS) is 13.8. The van der Waals surface area contributed by atoms with Gasteiger partial charge in [0.2, 0.25) is 5.91 Å². The summed E-state index contributed by atoms with van der Waals surface area (Å²) in [6.07, 6.45) is 0. The van der Waals surface area contributed by atoms with E-state index in [-0.39, 0.29) is 29.6 Å². The molecule has 8 heteroatoms. The number of amides is 4. The van der Waals surface area contributed by atoms with Gasteiger partial charge in [-0.25, -0.2) is 9.18 Å². The van der Waals surface area contributed by atoms with Gasteiger partial charge < -0.3 is 10.6 Å². The van der Waals surface area contributed by atoms with Crippen molar-refractivity contribution >= 4 is 35.1 Å². The van der Waals surface area contributed by atoms with Gasteiger partial charge in [0.25, 0.3) is 5.91 Å². The zero-order chi connectivity index (χ0) is 18.0. The molecule has 0 spiro atoms. The van der Waals surface area contributed by atoms with Crippen LogP contribution in [0.1, 0.15) is 15.9 Å². The van der Waals surface area contributed by atoms with Crippen LogP contribution in [0.2, 0.25) is 5.02 Å². The first kappa shape index (κ1) is 16.9. The van der Waals surface area contributed by atoms with Crippen LogP contribution < -0.4 is 10.6 Å². The fraction of sp³-hybridized carbons (Fsp3) is 0.118. The average Bonchev–Trinajstić information content (AvgIpc) is 2.87. The highest BCUT2D eigenvalue weighted by atomic mass is 35.5. The second kappa shape index (κ2) is 6.90. The van der Waals surface area contributed by atoms with E-state index >= 15 is 0 Å². The number of nitrogens with zero attached hydrogens (tertiary/aromatic N) is 1. The molecule has 2 aromatic carbocycles. The van der Waals surface area contributed by atoms with Gasteiger partial charge in [-0.05, 0) is 35.9 Å². The quantitative estimate of drug-likeness (QED) is 0.822. The zero-order valence-corrected chi connectivity index (χ0v) is 13.6. The Morgan fingerprint density at radius 2 is 2.04 bits per heavy atom. The molecule has 0 unspecified atom stereocenters. The lowest BCUT2D eigenvalue weighted by Crippen LogP contribution is -2.30. The lowest BCUT2D eigenvalue weighted by atomic mass is 10.1. The lowest BCUT2D eigenvalue weighted by molar-refractivity contribution is -0.125. The van der Waals surface area contributed by atoms with Gasteiger partial charge in [-0.3, -0.25) is 14.5 Å². The molecule has 1 heterocycles. The topological polar surface area (TPSA) is 78.5 Å². The number of imide groups is 1. The molecule has 0 aliphatic carbocycles. The second-order valence-corrected chi connectivity index (χ2v) is 5.82. The largest absolute Gasteiger partial charge is 0.329 e. The van der Waals surface area contributed by atoms with Crippen LogP contribution in [0.4, 0.5) is 14.9 Å². The summed E-state index contributed by atoms with van der Waals surface area (Å²) >= 11 is 5.88. The molecule has 6 nitrogen and oxygen atoms in total. The van der Waals surface area contributed by atoms with Gasteiger partial charge in [-0.15, -0.1) is 0 Å². The number of anilines is 1. The van der Waals surface area contributed by atoms with E-state index in [1.54, 1.807) is 24.3 Å². The molecule has 1 saturated heterocycles. The number of urea groups is 1. The summed E-state index contributed by atoms with van der Waals surface area (Å²) in [7, 11) is 0. The number of rotatable bonds is 4. The maximum absolute atomic E-state index is 13.1. The zero-order valence-electron chi connectivity index (χ0n) is 12.9. The molecule has 25 heavy (non-hydrogen) atoms. The smallest absolute Gasteiger partial charge is 0.324 e. The minimum Gasteiger partial charge on any atom is -0.329 e. The van der Waals surface area contributed by atoms with Crippen molar-refractivity contribution < 1.29 is 18.8 Å². The number of nitrogens with one attached hydrogen (secondary N) is 2. The highest BCUT2D eigenvalue weighted by Gasteiger charge is 2.28. The van der Waals surface area contributed by atoms with Gasteiger partial charge in [0, 0.05) is 5.69 Å². The van der Waals surface area contributed by atoms with E-state index in [1.165, 1.54) is 6.07 Å². The predicted octanol–water partition coefficient (Wildman–Crippen LogP) is 2.78. The van der Waals surface area contributed by atoms with E-state index in [9.17, 15) is 18.8 Å². The van der Waals surface area contributed by atoms with Gasteiger partial charge in [0.15, 0.2) is 0 Å². The summed E-state index contributed by atoms with van der Waals surface area (Å²) in [5.74, 6) is -1.33. The maximum Gasteiger partial charge on any atom is 0.324 e. The van der Waals surface area contributed by atoms with Gasteiger partial charge >= 0.3 is 6.03 Å². The van der Waals surface area contributed by atoms with Crippen molar-refractivity contribution in [3.05, 3.63) is 64.4 Å². The van der Waals surface area contributed by atoms with Gasteiger partial charge in [0.05, 0.1) is 23.7 Å². The third kappa shape index (κ3) is 3.77. The third-order valence-corrected chi connectivity index (χ3v) is 3.95. The van der Waals surface area contributed by atoms with E-state index in [4.69, 9.17) is 11.6 Å². The number of carbonyl (C=O) groups excluding carboxylic acids is 3. The third-order valence-electron chi connectivity index (χ3n) is 3.64. The molecule has 0 atom stereocenters. The van der Waals surface area contributed by atoms with E-state index in [2.05, 4.69) is 10.6 Å². The Bertz CT molecular complexity index is 856. The Morgan fingerprint density at radius 3 is 2.72 bits per heavy atom. The number of hydrogen-bond acceptors (Lipinski definition) is 3. The Balaban J connectivity index is 1.74. The summed E-state index contributed by atoms with van der Waals surface area (Å²) in [5.41, 5.74) is 1.28. The van der Waals surface area contributed by atoms with Gasteiger partial charge in [0.1, 0.15) is 5.82 Å². The van der Waals surface area contributed by atoms with Crippen LogP contribution in [0.5, 0.6) is 0 Å². The molecule has 0 saturated carbocycles. The predicted molar refractivity (Wildman–Crippen MR) is 89.8 cm³/mol. The monoisotopic (exact) mass is 361 g/mol. The fourth-order valence-corrected chi connectivity index (χ4v) is 2.67. The SMILES string of the molecule is O=C(Nc1cccc(CN2C(=O)CNC2=O)c1)c1ccc(F)cc1Cl. The summed E-state index contributed by atoms with van der Waals surface area (Å²) in [4.78, 5) is 36.6. The van der Waals surface area contributed by atoms with Crippen LogP contribution in [-0.2, 0) is 11.3 Å². The summed E-state index contributed by atoms with van der Waals surface area (Å²) in [5, 5.41) is 5.10. The van der Waals surface area contributed by atoms with E-state index in [1.807, 2.05) is 0 Å². The van der Waals surface area contributed by atoms with Gasteiger partial charge in [-0.1, -0.05) is 23.7 Å². The molecule has 1 aliphatic heterocycles. The highest BCUT2D eigenvalue weighted by Crippen LogP contribution is 2.20. The molecule has 2 N–H and O–H groups in total. The molecular weight excluding hydrogens is 349 g/mol. The molecule has 0 aromatic heterocycles. The van der Waals surface area contributed by atoms with Crippen LogP contribution in [-0.4, -0.2) is 29.3 Å². The molecule has 0 radical (unpaired) electrons. The van der Waals surface area contributed by atoms with Gasteiger partial charge in [-0.2, -0.15) is 0 Å². The summed E-state index contributed by atoms with van der Waals surface area (Å²) in [6.45, 7) is 0.0873. The molecular formula is C17H13ClFN3O3. The number of benzene rings is 2. The summed E-state index contributed by atoms with van der Waals surface area (Å²) < 4.78 is 13.1. The number of carbonyl (C=O) groups is 3. The van der Waals surface area contributed by atoms with Crippen molar-refractivity contribution in [1.29, 1.82) is 0 Å².